The zero-order valence-corrected chi connectivity index (χ0v) is 18.0. The first-order valence-corrected chi connectivity index (χ1v) is 9.97. The van der Waals surface area contributed by atoms with Gasteiger partial charge in [-0.3, -0.25) is 0 Å². The molecule has 0 spiro atoms. The van der Waals surface area contributed by atoms with Crippen molar-refractivity contribution in [2.45, 2.75) is 6.42 Å². The highest BCUT2D eigenvalue weighted by molar-refractivity contribution is 5.90. The van der Waals surface area contributed by atoms with E-state index >= 15 is 0 Å². The van der Waals surface area contributed by atoms with Crippen molar-refractivity contribution in [1.82, 2.24) is 0 Å². The lowest BCUT2D eigenvalue weighted by Crippen LogP contribution is -2.08. The molecule has 3 rings (SSSR count). The number of rotatable bonds is 9. The Morgan fingerprint density at radius 3 is 2.09 bits per heavy atom. The Labute approximate surface area is 187 Å². The summed E-state index contributed by atoms with van der Waals surface area (Å²) >= 11 is 0. The van der Waals surface area contributed by atoms with Crippen LogP contribution in [0, 0.1) is 0 Å². The van der Waals surface area contributed by atoms with E-state index in [1.807, 2.05) is 36.4 Å². The normalized spacial score (nSPS) is 10.2. The van der Waals surface area contributed by atoms with Crippen LogP contribution in [0.1, 0.15) is 15.9 Å². The van der Waals surface area contributed by atoms with Crippen LogP contribution in [0.2, 0.25) is 0 Å². The molecule has 0 bridgehead atoms. The number of hydrogen-bond donors (Lipinski definition) is 0. The van der Waals surface area contributed by atoms with Crippen LogP contribution < -0.4 is 14.2 Å². The molecular formula is C26H24O6. The van der Waals surface area contributed by atoms with Crippen LogP contribution in [-0.4, -0.2) is 32.8 Å². The highest BCUT2D eigenvalue weighted by Crippen LogP contribution is 2.28. The number of esters is 2. The third-order valence-electron chi connectivity index (χ3n) is 4.77. The lowest BCUT2D eigenvalue weighted by atomic mass is 10.0. The van der Waals surface area contributed by atoms with Crippen LogP contribution in [-0.2, 0) is 16.0 Å². The lowest BCUT2D eigenvalue weighted by Gasteiger charge is -2.10. The van der Waals surface area contributed by atoms with Crippen LogP contribution in [0.4, 0.5) is 0 Å². The third-order valence-corrected chi connectivity index (χ3v) is 4.77. The van der Waals surface area contributed by atoms with E-state index in [0.29, 0.717) is 23.5 Å². The summed E-state index contributed by atoms with van der Waals surface area (Å²) in [5.74, 6) is 0.546. The number of benzene rings is 3. The van der Waals surface area contributed by atoms with Crippen LogP contribution in [0.3, 0.4) is 0 Å². The molecule has 0 fully saturated rings. The standard InChI is InChI=1S/C26H24O6/c1-4-25(27)32-23-14-5-18(17-24(23)30-3)15-16-31-26(28)21-8-6-19(7-9-21)20-10-12-22(29-2)13-11-20/h4-14,17H,1,15-16H2,2-3H3. The number of methoxy groups -OCH3 is 2. The Kier molecular flexibility index (Phi) is 7.65. The molecule has 0 aliphatic rings. The zero-order valence-electron chi connectivity index (χ0n) is 18.0. The molecule has 0 aromatic heterocycles. The fraction of sp³-hybridized carbons (Fsp3) is 0.154. The molecule has 0 unspecified atom stereocenters. The summed E-state index contributed by atoms with van der Waals surface area (Å²) in [5.41, 5.74) is 3.38. The Morgan fingerprint density at radius 2 is 1.50 bits per heavy atom. The van der Waals surface area contributed by atoms with Gasteiger partial charge in [-0.15, -0.1) is 0 Å². The van der Waals surface area contributed by atoms with Gasteiger partial charge in [-0.25, -0.2) is 9.59 Å². The van der Waals surface area contributed by atoms with Crippen molar-refractivity contribution in [3.8, 4) is 28.4 Å². The number of carbonyl (C=O) groups excluding carboxylic acids is 2. The average molecular weight is 432 g/mol. The van der Waals surface area contributed by atoms with Gasteiger partial charge in [-0.2, -0.15) is 0 Å². The maximum absolute atomic E-state index is 12.4. The van der Waals surface area contributed by atoms with Crippen molar-refractivity contribution in [2.24, 2.45) is 0 Å². The van der Waals surface area contributed by atoms with Gasteiger partial charge in [-0.05, 0) is 53.1 Å². The van der Waals surface area contributed by atoms with Crippen molar-refractivity contribution < 1.29 is 28.5 Å². The number of hydrogen-bond acceptors (Lipinski definition) is 6. The van der Waals surface area contributed by atoms with Gasteiger partial charge >= 0.3 is 11.9 Å². The first kappa shape index (κ1) is 22.6. The summed E-state index contributed by atoms with van der Waals surface area (Å²) in [7, 11) is 3.11. The average Bonchev–Trinajstić information content (AvgIpc) is 2.84. The molecule has 3 aromatic rings. The minimum Gasteiger partial charge on any atom is -0.497 e. The molecule has 0 heterocycles. The molecule has 6 heteroatoms. The molecule has 0 atom stereocenters. The second-order valence-electron chi connectivity index (χ2n) is 6.80. The van der Waals surface area contributed by atoms with E-state index in [1.54, 1.807) is 37.4 Å². The van der Waals surface area contributed by atoms with Gasteiger partial charge in [-0.1, -0.05) is 36.9 Å². The van der Waals surface area contributed by atoms with Crippen molar-refractivity contribution in [1.29, 1.82) is 0 Å². The van der Waals surface area contributed by atoms with Crippen LogP contribution in [0.5, 0.6) is 17.2 Å². The molecular weight excluding hydrogens is 408 g/mol. The van der Waals surface area contributed by atoms with E-state index in [2.05, 4.69) is 6.58 Å². The maximum Gasteiger partial charge on any atom is 0.338 e. The molecule has 6 nitrogen and oxygen atoms in total. The molecule has 164 valence electrons. The Bertz CT molecular complexity index is 1080. The highest BCUT2D eigenvalue weighted by Gasteiger charge is 2.11. The van der Waals surface area contributed by atoms with E-state index in [4.69, 9.17) is 18.9 Å². The minimum atomic E-state index is -0.567. The van der Waals surface area contributed by atoms with E-state index in [0.717, 1.165) is 28.5 Å². The van der Waals surface area contributed by atoms with Crippen LogP contribution in [0.15, 0.2) is 79.4 Å². The highest BCUT2D eigenvalue weighted by atomic mass is 16.6. The van der Waals surface area contributed by atoms with Gasteiger partial charge in [0, 0.05) is 12.5 Å². The molecule has 0 aliphatic carbocycles. The van der Waals surface area contributed by atoms with E-state index in [1.165, 1.54) is 7.11 Å². The number of ether oxygens (including phenoxy) is 4. The molecule has 32 heavy (non-hydrogen) atoms. The molecule has 0 saturated heterocycles. The van der Waals surface area contributed by atoms with E-state index in [-0.39, 0.29) is 6.61 Å². The summed E-state index contributed by atoms with van der Waals surface area (Å²) in [6, 6.07) is 20.1. The Hall–Kier alpha value is -4.06. The van der Waals surface area contributed by atoms with Gasteiger partial charge in [0.1, 0.15) is 5.75 Å². The smallest absolute Gasteiger partial charge is 0.338 e. The SMILES string of the molecule is C=CC(=O)Oc1ccc(CCOC(=O)c2ccc(-c3ccc(OC)cc3)cc2)cc1OC. The van der Waals surface area contributed by atoms with E-state index in [9.17, 15) is 9.59 Å². The van der Waals surface area contributed by atoms with Crippen molar-refractivity contribution in [2.75, 3.05) is 20.8 Å². The first-order valence-electron chi connectivity index (χ1n) is 9.97. The summed E-state index contributed by atoms with van der Waals surface area (Å²) < 4.78 is 21.0. The third kappa shape index (κ3) is 5.76. The van der Waals surface area contributed by atoms with Crippen LogP contribution >= 0.6 is 0 Å². The van der Waals surface area contributed by atoms with Crippen molar-refractivity contribution >= 4 is 11.9 Å². The Balaban J connectivity index is 1.56. The van der Waals surface area contributed by atoms with Gasteiger partial charge in [0.25, 0.3) is 0 Å². The summed E-state index contributed by atoms with van der Waals surface area (Å²) in [6.45, 7) is 3.57. The van der Waals surface area contributed by atoms with Gasteiger partial charge < -0.3 is 18.9 Å². The minimum absolute atomic E-state index is 0.202. The Morgan fingerprint density at radius 1 is 0.844 bits per heavy atom. The lowest BCUT2D eigenvalue weighted by molar-refractivity contribution is -0.129. The molecule has 0 aliphatic heterocycles. The first-order chi connectivity index (χ1) is 15.5. The second kappa shape index (κ2) is 10.8. The van der Waals surface area contributed by atoms with Gasteiger partial charge in [0.05, 0.1) is 26.4 Å². The molecule has 0 radical (unpaired) electrons. The van der Waals surface area contributed by atoms with Crippen LogP contribution in [0.25, 0.3) is 11.1 Å². The topological polar surface area (TPSA) is 71.1 Å². The monoisotopic (exact) mass is 432 g/mol. The summed E-state index contributed by atoms with van der Waals surface area (Å²) in [6.07, 6.45) is 1.57. The van der Waals surface area contributed by atoms with Crippen molar-refractivity contribution in [3.63, 3.8) is 0 Å². The van der Waals surface area contributed by atoms with Crippen molar-refractivity contribution in [3.05, 3.63) is 90.5 Å². The predicted octanol–water partition coefficient (Wildman–Crippen LogP) is 4.86. The molecule has 0 saturated carbocycles. The van der Waals surface area contributed by atoms with Gasteiger partial charge in [0.2, 0.25) is 0 Å². The largest absolute Gasteiger partial charge is 0.497 e. The molecule has 0 N–H and O–H groups in total. The molecule has 0 amide bonds. The predicted molar refractivity (Wildman–Crippen MR) is 121 cm³/mol. The fourth-order valence-electron chi connectivity index (χ4n) is 3.03. The summed E-state index contributed by atoms with van der Waals surface area (Å²) in [5, 5.41) is 0. The number of carbonyl (C=O) groups is 2. The molecule has 3 aromatic carbocycles. The quantitative estimate of drug-likeness (QED) is 0.273. The fourth-order valence-corrected chi connectivity index (χ4v) is 3.03. The second-order valence-corrected chi connectivity index (χ2v) is 6.80. The van der Waals surface area contributed by atoms with Gasteiger partial charge in [0.15, 0.2) is 11.5 Å². The zero-order chi connectivity index (χ0) is 22.9. The van der Waals surface area contributed by atoms with E-state index < -0.39 is 11.9 Å². The summed E-state index contributed by atoms with van der Waals surface area (Å²) in [4.78, 5) is 23.8. The maximum atomic E-state index is 12.4.